The van der Waals surface area contributed by atoms with Crippen LogP contribution in [0.5, 0.6) is 6.01 Å². The zero-order chi connectivity index (χ0) is 10.6. The number of rotatable bonds is 4. The van der Waals surface area contributed by atoms with Crippen LogP contribution in [0.25, 0.3) is 0 Å². The second-order valence-electron chi connectivity index (χ2n) is 3.72. The summed E-state index contributed by atoms with van der Waals surface area (Å²) in [7, 11) is 0. The van der Waals surface area contributed by atoms with E-state index in [1.165, 1.54) is 0 Å². The van der Waals surface area contributed by atoms with Gasteiger partial charge >= 0.3 is 6.01 Å². The Bertz CT molecular complexity index is 297. The van der Waals surface area contributed by atoms with Gasteiger partial charge in [0, 0.05) is 5.69 Å². The zero-order valence-electron chi connectivity index (χ0n) is 9.37. The second kappa shape index (κ2) is 4.94. The van der Waals surface area contributed by atoms with Gasteiger partial charge in [0.2, 0.25) is 0 Å². The minimum Gasteiger partial charge on any atom is -0.463 e. The van der Waals surface area contributed by atoms with Crippen molar-refractivity contribution in [2.45, 2.75) is 40.0 Å². The molecule has 0 aliphatic rings. The molecule has 0 radical (unpaired) electrons. The lowest BCUT2D eigenvalue weighted by molar-refractivity contribution is 0.290. The van der Waals surface area contributed by atoms with Crippen LogP contribution in [0.3, 0.4) is 0 Å². The highest BCUT2D eigenvalue weighted by Gasteiger charge is 2.05. The Kier molecular flexibility index (Phi) is 3.86. The number of aromatic nitrogens is 2. The Morgan fingerprint density at radius 1 is 1.36 bits per heavy atom. The van der Waals surface area contributed by atoms with Gasteiger partial charge in [0.25, 0.3) is 0 Å². The van der Waals surface area contributed by atoms with Crippen molar-refractivity contribution >= 4 is 0 Å². The molecule has 14 heavy (non-hydrogen) atoms. The third-order valence-corrected chi connectivity index (χ3v) is 1.88. The molecule has 1 heterocycles. The van der Waals surface area contributed by atoms with Crippen LogP contribution in [-0.4, -0.2) is 16.6 Å². The van der Waals surface area contributed by atoms with E-state index in [0.717, 1.165) is 17.8 Å². The minimum absolute atomic E-state index is 0.417. The highest BCUT2D eigenvalue weighted by Crippen LogP contribution is 2.15. The summed E-state index contributed by atoms with van der Waals surface area (Å²) in [4.78, 5) is 8.56. The van der Waals surface area contributed by atoms with Crippen molar-refractivity contribution in [2.24, 2.45) is 0 Å². The predicted molar refractivity (Wildman–Crippen MR) is 56.6 cm³/mol. The fourth-order valence-corrected chi connectivity index (χ4v) is 1.12. The molecule has 0 saturated heterocycles. The van der Waals surface area contributed by atoms with E-state index in [0.29, 0.717) is 18.5 Å². The predicted octanol–water partition coefficient (Wildman–Crippen LogP) is 2.70. The quantitative estimate of drug-likeness (QED) is 0.739. The number of nitrogens with zero attached hydrogens (tertiary/aromatic N) is 2. The van der Waals surface area contributed by atoms with Crippen LogP contribution in [0.1, 0.15) is 44.5 Å². The lowest BCUT2D eigenvalue weighted by Gasteiger charge is -2.08. The van der Waals surface area contributed by atoms with Crippen LogP contribution in [0.2, 0.25) is 0 Å². The first-order valence-corrected chi connectivity index (χ1v) is 5.12. The van der Waals surface area contributed by atoms with E-state index < -0.39 is 0 Å². The standard InChI is InChI=1S/C11H18N2O/c1-5-6-14-11-12-9(4)7-10(13-11)8(2)3/h7-8H,5-6H2,1-4H3. The summed E-state index contributed by atoms with van der Waals surface area (Å²) in [5.74, 6) is 0.417. The lowest BCUT2D eigenvalue weighted by atomic mass is 10.1. The fraction of sp³-hybridized carbons (Fsp3) is 0.636. The van der Waals surface area contributed by atoms with Crippen LogP contribution in [0, 0.1) is 6.92 Å². The van der Waals surface area contributed by atoms with Gasteiger partial charge in [0.15, 0.2) is 0 Å². The van der Waals surface area contributed by atoms with E-state index in [9.17, 15) is 0 Å². The molecule has 0 spiro atoms. The highest BCUT2D eigenvalue weighted by molar-refractivity contribution is 5.15. The molecule has 0 amide bonds. The molecule has 3 heteroatoms. The Morgan fingerprint density at radius 2 is 2.07 bits per heavy atom. The van der Waals surface area contributed by atoms with Crippen molar-refractivity contribution in [1.82, 2.24) is 9.97 Å². The van der Waals surface area contributed by atoms with Crippen LogP contribution < -0.4 is 4.74 Å². The van der Waals surface area contributed by atoms with E-state index in [4.69, 9.17) is 4.74 Å². The van der Waals surface area contributed by atoms with Crippen molar-refractivity contribution in [3.63, 3.8) is 0 Å². The van der Waals surface area contributed by atoms with Crippen molar-refractivity contribution in [1.29, 1.82) is 0 Å². The fourth-order valence-electron chi connectivity index (χ4n) is 1.12. The summed E-state index contributed by atoms with van der Waals surface area (Å²) < 4.78 is 5.40. The van der Waals surface area contributed by atoms with Gasteiger partial charge < -0.3 is 4.74 Å². The maximum absolute atomic E-state index is 5.40. The Balaban J connectivity index is 2.84. The first-order valence-electron chi connectivity index (χ1n) is 5.12. The molecule has 1 aromatic heterocycles. The molecule has 0 aliphatic heterocycles. The molecule has 0 bridgehead atoms. The van der Waals surface area contributed by atoms with Crippen LogP contribution in [-0.2, 0) is 0 Å². The number of ether oxygens (including phenoxy) is 1. The summed E-state index contributed by atoms with van der Waals surface area (Å²) in [6, 6.07) is 2.51. The average Bonchev–Trinajstić information content (AvgIpc) is 2.14. The Morgan fingerprint density at radius 3 is 2.64 bits per heavy atom. The SMILES string of the molecule is CCCOc1nc(C)cc(C(C)C)n1. The number of aryl methyl sites for hydroxylation is 1. The maximum Gasteiger partial charge on any atom is 0.316 e. The van der Waals surface area contributed by atoms with Gasteiger partial charge in [-0.25, -0.2) is 4.98 Å². The number of hydrogen-bond donors (Lipinski definition) is 0. The largest absolute Gasteiger partial charge is 0.463 e. The number of hydrogen-bond acceptors (Lipinski definition) is 3. The molecular weight excluding hydrogens is 176 g/mol. The Hall–Kier alpha value is -1.12. The minimum atomic E-state index is 0.417. The smallest absolute Gasteiger partial charge is 0.316 e. The van der Waals surface area contributed by atoms with E-state index in [1.54, 1.807) is 0 Å². The van der Waals surface area contributed by atoms with Gasteiger partial charge in [0.1, 0.15) is 0 Å². The molecule has 0 fully saturated rings. The Labute approximate surface area is 85.5 Å². The van der Waals surface area contributed by atoms with Crippen molar-refractivity contribution < 1.29 is 4.74 Å². The highest BCUT2D eigenvalue weighted by atomic mass is 16.5. The molecule has 1 rings (SSSR count). The van der Waals surface area contributed by atoms with E-state index in [2.05, 4.69) is 30.7 Å². The normalized spacial score (nSPS) is 10.6. The second-order valence-corrected chi connectivity index (χ2v) is 3.72. The van der Waals surface area contributed by atoms with Crippen molar-refractivity contribution in [3.8, 4) is 6.01 Å². The summed E-state index contributed by atoms with van der Waals surface area (Å²) in [6.45, 7) is 8.95. The lowest BCUT2D eigenvalue weighted by Crippen LogP contribution is -2.04. The summed E-state index contributed by atoms with van der Waals surface area (Å²) in [6.07, 6.45) is 0.980. The summed E-state index contributed by atoms with van der Waals surface area (Å²) in [5.41, 5.74) is 2.01. The van der Waals surface area contributed by atoms with Gasteiger partial charge in [-0.3, -0.25) is 0 Å². The first kappa shape index (κ1) is 11.0. The van der Waals surface area contributed by atoms with Gasteiger partial charge in [0.05, 0.1) is 12.3 Å². The molecular formula is C11H18N2O. The molecule has 78 valence electrons. The molecule has 1 aromatic rings. The molecule has 0 aliphatic carbocycles. The molecule has 0 unspecified atom stereocenters. The van der Waals surface area contributed by atoms with Crippen LogP contribution in [0.4, 0.5) is 0 Å². The molecule has 3 nitrogen and oxygen atoms in total. The van der Waals surface area contributed by atoms with Gasteiger partial charge in [-0.15, -0.1) is 0 Å². The zero-order valence-corrected chi connectivity index (χ0v) is 9.37. The van der Waals surface area contributed by atoms with Gasteiger partial charge in [-0.05, 0) is 25.3 Å². The maximum atomic E-state index is 5.40. The van der Waals surface area contributed by atoms with Crippen molar-refractivity contribution in [3.05, 3.63) is 17.5 Å². The van der Waals surface area contributed by atoms with E-state index in [1.807, 2.05) is 13.0 Å². The third kappa shape index (κ3) is 2.98. The molecule has 0 saturated carbocycles. The summed E-state index contributed by atoms with van der Waals surface area (Å²) >= 11 is 0. The third-order valence-electron chi connectivity index (χ3n) is 1.88. The molecule has 0 N–H and O–H groups in total. The average molecular weight is 194 g/mol. The molecule has 0 aromatic carbocycles. The molecule has 0 atom stereocenters. The topological polar surface area (TPSA) is 35.0 Å². The van der Waals surface area contributed by atoms with Crippen molar-refractivity contribution in [2.75, 3.05) is 6.61 Å². The van der Waals surface area contributed by atoms with Crippen LogP contribution >= 0.6 is 0 Å². The van der Waals surface area contributed by atoms with E-state index >= 15 is 0 Å². The van der Waals surface area contributed by atoms with Crippen LogP contribution in [0.15, 0.2) is 6.07 Å². The summed E-state index contributed by atoms with van der Waals surface area (Å²) in [5, 5.41) is 0. The first-order chi connectivity index (χ1) is 6.63. The van der Waals surface area contributed by atoms with E-state index in [-0.39, 0.29) is 0 Å². The monoisotopic (exact) mass is 194 g/mol. The van der Waals surface area contributed by atoms with Gasteiger partial charge in [-0.2, -0.15) is 4.98 Å². The van der Waals surface area contributed by atoms with Gasteiger partial charge in [-0.1, -0.05) is 20.8 Å².